The van der Waals surface area contributed by atoms with Crippen LogP contribution < -0.4 is 10.0 Å². The zero-order valence-electron chi connectivity index (χ0n) is 16.7. The van der Waals surface area contributed by atoms with E-state index in [2.05, 4.69) is 50.3 Å². The summed E-state index contributed by atoms with van der Waals surface area (Å²) in [5, 5.41) is 4.33. The smallest absolute Gasteiger partial charge is 0.261 e. The van der Waals surface area contributed by atoms with Crippen molar-refractivity contribution in [3.8, 4) is 0 Å². The van der Waals surface area contributed by atoms with Gasteiger partial charge in [0.05, 0.1) is 21.6 Å². The third-order valence-electron chi connectivity index (χ3n) is 6.05. The maximum Gasteiger partial charge on any atom is 0.261 e. The predicted molar refractivity (Wildman–Crippen MR) is 134 cm³/mol. The molecule has 4 nitrogen and oxygen atoms in total. The van der Waals surface area contributed by atoms with Gasteiger partial charge in [0.25, 0.3) is 10.0 Å². The number of fused-ring (bicyclic) bond motifs is 3. The van der Waals surface area contributed by atoms with E-state index in [0.29, 0.717) is 16.6 Å². The number of sulfonamides is 1. The van der Waals surface area contributed by atoms with Gasteiger partial charge >= 0.3 is 0 Å². The summed E-state index contributed by atoms with van der Waals surface area (Å²) in [6.07, 6.45) is 5.31. The molecule has 8 heteroatoms. The molecule has 2 N–H and O–H groups in total. The summed E-state index contributed by atoms with van der Waals surface area (Å²) < 4.78 is 29.8. The number of hydrogen-bond acceptors (Lipinski definition) is 3. The Kier molecular flexibility index (Phi) is 5.74. The molecule has 5 rings (SSSR count). The zero-order valence-corrected chi connectivity index (χ0v) is 20.6. The predicted octanol–water partition coefficient (Wildman–Crippen LogP) is 7.38. The Labute approximate surface area is 205 Å². The van der Waals surface area contributed by atoms with Gasteiger partial charge < -0.3 is 5.32 Å². The van der Waals surface area contributed by atoms with Crippen LogP contribution in [-0.4, -0.2) is 8.42 Å². The average Bonchev–Trinajstić information content (AvgIpc) is 3.26. The number of anilines is 2. The minimum atomic E-state index is -3.82. The van der Waals surface area contributed by atoms with Crippen LogP contribution in [0.15, 0.2) is 82.2 Å². The van der Waals surface area contributed by atoms with Crippen molar-refractivity contribution in [2.45, 2.75) is 23.3 Å². The fourth-order valence-electron chi connectivity index (χ4n) is 4.52. The highest BCUT2D eigenvalue weighted by molar-refractivity contribution is 9.10. The first-order valence-electron chi connectivity index (χ1n) is 10.1. The molecule has 0 radical (unpaired) electrons. The maximum absolute atomic E-state index is 13.1. The van der Waals surface area contributed by atoms with Crippen molar-refractivity contribution < 1.29 is 8.42 Å². The monoisotopic (exact) mass is 548 g/mol. The number of nitrogens with one attached hydrogen (secondary N) is 2. The topological polar surface area (TPSA) is 58.2 Å². The minimum Gasteiger partial charge on any atom is -0.378 e. The highest BCUT2D eigenvalue weighted by Gasteiger charge is 2.38. The largest absolute Gasteiger partial charge is 0.378 e. The molecule has 2 aliphatic rings. The van der Waals surface area contributed by atoms with E-state index in [1.165, 1.54) is 11.6 Å². The van der Waals surface area contributed by atoms with Crippen LogP contribution in [0.2, 0.25) is 10.0 Å². The molecule has 0 aromatic heterocycles. The first kappa shape index (κ1) is 21.8. The third kappa shape index (κ3) is 4.05. The molecular weight excluding hydrogens is 531 g/mol. The van der Waals surface area contributed by atoms with Crippen LogP contribution in [0, 0.1) is 5.92 Å². The van der Waals surface area contributed by atoms with Crippen molar-refractivity contribution >= 4 is 60.5 Å². The summed E-state index contributed by atoms with van der Waals surface area (Å²) in [4.78, 5) is 0.199. The standard InChI is InChI=1S/C24H19BrCl2N2O2S/c25-15-6-4-14(5-7-15)24-19-3-1-2-18(19)20-13-17(9-11-22(20)28-24)32(30,31)29-23-10-8-16(26)12-21(23)27/h1-2,4-13,18-19,24,28-29H,3H2/t18-,19+,24+/m0/s1. The van der Waals surface area contributed by atoms with E-state index in [9.17, 15) is 8.42 Å². The normalized spacial score (nSPS) is 21.5. The van der Waals surface area contributed by atoms with Crippen molar-refractivity contribution in [1.29, 1.82) is 0 Å². The van der Waals surface area contributed by atoms with Gasteiger partial charge in [0.2, 0.25) is 0 Å². The fourth-order valence-corrected chi connectivity index (χ4v) is 6.41. The lowest BCUT2D eigenvalue weighted by Gasteiger charge is -2.37. The lowest BCUT2D eigenvalue weighted by atomic mass is 9.77. The molecule has 0 amide bonds. The molecule has 32 heavy (non-hydrogen) atoms. The van der Waals surface area contributed by atoms with E-state index in [0.717, 1.165) is 22.1 Å². The molecule has 0 saturated heterocycles. The van der Waals surface area contributed by atoms with Gasteiger partial charge in [0.1, 0.15) is 0 Å². The molecule has 0 fully saturated rings. The van der Waals surface area contributed by atoms with E-state index >= 15 is 0 Å². The average molecular weight is 550 g/mol. The highest BCUT2D eigenvalue weighted by atomic mass is 79.9. The van der Waals surface area contributed by atoms with Gasteiger partial charge in [0, 0.05) is 21.1 Å². The van der Waals surface area contributed by atoms with E-state index in [1.54, 1.807) is 24.3 Å². The summed E-state index contributed by atoms with van der Waals surface area (Å²) in [7, 11) is -3.82. The van der Waals surface area contributed by atoms with Crippen LogP contribution >= 0.6 is 39.1 Å². The number of hydrogen-bond donors (Lipinski definition) is 2. The first-order valence-corrected chi connectivity index (χ1v) is 13.2. The Bertz CT molecular complexity index is 1330. The van der Waals surface area contributed by atoms with Gasteiger partial charge in [-0.2, -0.15) is 0 Å². The van der Waals surface area contributed by atoms with Gasteiger partial charge in [-0.05, 0) is 72.0 Å². The molecule has 1 heterocycles. The third-order valence-corrected chi connectivity index (χ3v) is 8.49. The molecule has 0 unspecified atom stereocenters. The summed E-state index contributed by atoms with van der Waals surface area (Å²) in [6.45, 7) is 0. The van der Waals surface area contributed by atoms with E-state index < -0.39 is 10.0 Å². The van der Waals surface area contributed by atoms with E-state index in [4.69, 9.17) is 23.2 Å². The van der Waals surface area contributed by atoms with Crippen molar-refractivity contribution in [2.24, 2.45) is 5.92 Å². The van der Waals surface area contributed by atoms with Crippen LogP contribution in [0.4, 0.5) is 11.4 Å². The van der Waals surface area contributed by atoms with Crippen molar-refractivity contribution in [1.82, 2.24) is 0 Å². The molecule has 0 saturated carbocycles. The molecule has 1 aliphatic heterocycles. The fraction of sp³-hybridized carbons (Fsp3) is 0.167. The summed E-state index contributed by atoms with van der Waals surface area (Å²) in [6, 6.07) is 18.4. The van der Waals surface area contributed by atoms with Gasteiger partial charge in [-0.25, -0.2) is 8.42 Å². The summed E-state index contributed by atoms with van der Waals surface area (Å²) in [5.41, 5.74) is 3.45. The van der Waals surface area contributed by atoms with Crippen LogP contribution in [0.3, 0.4) is 0 Å². The Hall–Kier alpha value is -1.99. The molecule has 3 atom stereocenters. The summed E-state index contributed by atoms with van der Waals surface area (Å²) >= 11 is 15.6. The minimum absolute atomic E-state index is 0.147. The van der Waals surface area contributed by atoms with Crippen LogP contribution in [0.25, 0.3) is 0 Å². The van der Waals surface area contributed by atoms with Gasteiger partial charge in [0.15, 0.2) is 0 Å². The van der Waals surface area contributed by atoms with Crippen LogP contribution in [0.5, 0.6) is 0 Å². The van der Waals surface area contributed by atoms with Crippen molar-refractivity contribution in [3.05, 3.63) is 98.5 Å². The molecule has 0 spiro atoms. The molecule has 3 aromatic rings. The number of benzene rings is 3. The van der Waals surface area contributed by atoms with Crippen LogP contribution in [0.1, 0.15) is 29.5 Å². The first-order chi connectivity index (χ1) is 15.3. The van der Waals surface area contributed by atoms with Gasteiger partial charge in [-0.3, -0.25) is 4.72 Å². The Morgan fingerprint density at radius 2 is 1.78 bits per heavy atom. The van der Waals surface area contributed by atoms with Crippen LogP contribution in [-0.2, 0) is 10.0 Å². The van der Waals surface area contributed by atoms with E-state index in [1.807, 2.05) is 18.2 Å². The number of allylic oxidation sites excluding steroid dienone is 2. The lowest BCUT2D eigenvalue weighted by Crippen LogP contribution is -2.29. The van der Waals surface area contributed by atoms with Gasteiger partial charge in [-0.15, -0.1) is 0 Å². The second-order valence-electron chi connectivity index (χ2n) is 8.01. The Morgan fingerprint density at radius 3 is 2.53 bits per heavy atom. The molecule has 164 valence electrons. The van der Waals surface area contributed by atoms with Crippen molar-refractivity contribution in [3.63, 3.8) is 0 Å². The lowest BCUT2D eigenvalue weighted by molar-refractivity contribution is 0.425. The Balaban J connectivity index is 1.49. The Morgan fingerprint density at radius 1 is 1.00 bits per heavy atom. The van der Waals surface area contributed by atoms with E-state index in [-0.39, 0.29) is 21.9 Å². The summed E-state index contributed by atoms with van der Waals surface area (Å²) in [5.74, 6) is 0.467. The zero-order chi connectivity index (χ0) is 22.5. The quantitative estimate of drug-likeness (QED) is 0.334. The maximum atomic E-state index is 13.1. The van der Waals surface area contributed by atoms with Crippen molar-refractivity contribution in [2.75, 3.05) is 10.0 Å². The number of rotatable bonds is 4. The second-order valence-corrected chi connectivity index (χ2v) is 11.4. The SMILES string of the molecule is O=S(=O)(Nc1ccc(Cl)cc1Cl)c1ccc2c(c1)[C@H]1C=CC[C@H]1[C@@H](c1ccc(Br)cc1)N2. The molecule has 3 aromatic carbocycles. The molecule has 1 aliphatic carbocycles. The molecule has 0 bridgehead atoms. The number of halogens is 3. The van der Waals surface area contributed by atoms with Gasteiger partial charge in [-0.1, -0.05) is 63.4 Å². The highest BCUT2D eigenvalue weighted by Crippen LogP contribution is 2.50. The second kappa shape index (κ2) is 8.41. The molecular formula is C24H19BrCl2N2O2S.